The molecule has 0 unspecified atom stereocenters. The van der Waals surface area contributed by atoms with Crippen molar-refractivity contribution in [1.29, 1.82) is 0 Å². The minimum Gasteiger partial charge on any atom is -0.394 e. The van der Waals surface area contributed by atoms with Gasteiger partial charge in [0, 0.05) is 25.8 Å². The van der Waals surface area contributed by atoms with Gasteiger partial charge >= 0.3 is 14.6 Å². The number of nitrogens with two attached hydrogens (primary N) is 1. The minimum atomic E-state index is -2.11. The molecule has 6 heteroatoms. The van der Waals surface area contributed by atoms with Gasteiger partial charge < -0.3 is 19.9 Å². The van der Waals surface area contributed by atoms with E-state index in [1.807, 2.05) is 13.8 Å². The summed E-state index contributed by atoms with van der Waals surface area (Å²) in [6.07, 6.45) is 0. The summed E-state index contributed by atoms with van der Waals surface area (Å²) in [5, 5.41) is 2.57. The zero-order valence-electron chi connectivity index (χ0n) is 9.84. The summed E-state index contributed by atoms with van der Waals surface area (Å²) < 4.78 is 11.5. The van der Waals surface area contributed by atoms with Crippen molar-refractivity contribution in [2.24, 2.45) is 5.73 Å². The molecule has 0 aromatic carbocycles. The molecule has 90 valence electrons. The van der Waals surface area contributed by atoms with Gasteiger partial charge in [0.15, 0.2) is 0 Å². The monoisotopic (exact) mass is 234 g/mol. The Morgan fingerprint density at radius 2 is 1.80 bits per heavy atom. The largest absolute Gasteiger partial charge is 0.394 e. The molecule has 2 amide bonds. The van der Waals surface area contributed by atoms with Gasteiger partial charge in [0.25, 0.3) is 0 Å². The van der Waals surface area contributed by atoms with Crippen LogP contribution in [0.5, 0.6) is 0 Å². The summed E-state index contributed by atoms with van der Waals surface area (Å²) in [6, 6.07) is 1.13. The molecular weight excluding hydrogens is 212 g/mol. The third-order valence-electron chi connectivity index (χ3n) is 2.16. The number of hydrogen-bond donors (Lipinski definition) is 2. The summed E-state index contributed by atoms with van der Waals surface area (Å²) >= 11 is 0. The first-order chi connectivity index (χ1) is 7.10. The van der Waals surface area contributed by atoms with Crippen LogP contribution < -0.4 is 11.1 Å². The lowest BCUT2D eigenvalue weighted by molar-refractivity contribution is 0.183. The van der Waals surface area contributed by atoms with Crippen LogP contribution in [-0.4, -0.2) is 34.4 Å². The molecule has 0 bridgehead atoms. The standard InChI is InChI=1S/C9H22N2O3Si/c1-4-13-15(6-3,14-5-2)8-7-11-9(10)12/h4-8H2,1-3H3,(H3,10,11,12). The zero-order chi connectivity index (χ0) is 11.7. The topological polar surface area (TPSA) is 73.6 Å². The van der Waals surface area contributed by atoms with Crippen LogP contribution in [-0.2, 0) is 8.85 Å². The van der Waals surface area contributed by atoms with Gasteiger partial charge in [-0.3, -0.25) is 0 Å². The molecule has 0 saturated carbocycles. The fourth-order valence-corrected chi connectivity index (χ4v) is 4.16. The highest BCUT2D eigenvalue weighted by Crippen LogP contribution is 2.18. The Balaban J connectivity index is 4.13. The number of carbonyl (C=O) groups is 1. The van der Waals surface area contributed by atoms with E-state index in [9.17, 15) is 4.79 Å². The van der Waals surface area contributed by atoms with Crippen molar-refractivity contribution < 1.29 is 13.6 Å². The number of rotatable bonds is 8. The van der Waals surface area contributed by atoms with Crippen LogP contribution in [0, 0.1) is 0 Å². The Morgan fingerprint density at radius 3 is 2.13 bits per heavy atom. The smallest absolute Gasteiger partial charge is 0.339 e. The number of amides is 2. The van der Waals surface area contributed by atoms with Gasteiger partial charge in [-0.2, -0.15) is 0 Å². The first-order valence-corrected chi connectivity index (χ1v) is 7.64. The zero-order valence-corrected chi connectivity index (χ0v) is 10.8. The second-order valence-electron chi connectivity index (χ2n) is 3.17. The number of urea groups is 1. The van der Waals surface area contributed by atoms with E-state index in [1.54, 1.807) is 0 Å². The van der Waals surface area contributed by atoms with Crippen LogP contribution in [0.1, 0.15) is 20.8 Å². The van der Waals surface area contributed by atoms with Crippen LogP contribution in [0.3, 0.4) is 0 Å². The lowest BCUT2D eigenvalue weighted by atomic mass is 10.7. The summed E-state index contributed by atoms with van der Waals surface area (Å²) in [7, 11) is -2.11. The second-order valence-corrected chi connectivity index (χ2v) is 6.78. The lowest BCUT2D eigenvalue weighted by Crippen LogP contribution is -2.45. The summed E-state index contributed by atoms with van der Waals surface area (Å²) in [6.45, 7) is 7.79. The van der Waals surface area contributed by atoms with Gasteiger partial charge in [-0.1, -0.05) is 6.92 Å². The molecule has 0 heterocycles. The van der Waals surface area contributed by atoms with Crippen molar-refractivity contribution >= 4 is 14.6 Å². The normalized spacial score (nSPS) is 11.4. The molecule has 0 radical (unpaired) electrons. The quantitative estimate of drug-likeness (QED) is 0.620. The van der Waals surface area contributed by atoms with Crippen molar-refractivity contribution in [2.45, 2.75) is 32.9 Å². The molecule has 15 heavy (non-hydrogen) atoms. The Hall–Kier alpha value is -0.593. The Bertz CT molecular complexity index is 184. The average molecular weight is 234 g/mol. The van der Waals surface area contributed by atoms with Gasteiger partial charge in [0.2, 0.25) is 0 Å². The fraction of sp³-hybridized carbons (Fsp3) is 0.889. The molecule has 0 aliphatic rings. The molecule has 3 N–H and O–H groups in total. The predicted octanol–water partition coefficient (Wildman–Crippen LogP) is 1.19. The van der Waals surface area contributed by atoms with Crippen molar-refractivity contribution in [2.75, 3.05) is 19.8 Å². The Labute approximate surface area is 92.6 Å². The van der Waals surface area contributed by atoms with E-state index in [-0.39, 0.29) is 0 Å². The second kappa shape index (κ2) is 7.67. The van der Waals surface area contributed by atoms with E-state index in [0.717, 1.165) is 12.1 Å². The maximum atomic E-state index is 10.5. The van der Waals surface area contributed by atoms with E-state index in [0.29, 0.717) is 19.8 Å². The molecule has 0 fully saturated rings. The van der Waals surface area contributed by atoms with Crippen LogP contribution in [0.15, 0.2) is 0 Å². The van der Waals surface area contributed by atoms with Crippen LogP contribution in [0.4, 0.5) is 4.79 Å². The first kappa shape index (κ1) is 14.4. The fourth-order valence-electron chi connectivity index (χ4n) is 1.47. The highest BCUT2D eigenvalue weighted by molar-refractivity contribution is 6.67. The summed E-state index contributed by atoms with van der Waals surface area (Å²) in [5.74, 6) is 0. The number of carbonyl (C=O) groups excluding carboxylic acids is 1. The van der Waals surface area contributed by atoms with Gasteiger partial charge in [0.1, 0.15) is 0 Å². The van der Waals surface area contributed by atoms with Gasteiger partial charge in [-0.05, 0) is 19.9 Å². The van der Waals surface area contributed by atoms with Crippen molar-refractivity contribution in [3.8, 4) is 0 Å². The van der Waals surface area contributed by atoms with Crippen LogP contribution >= 0.6 is 0 Å². The highest BCUT2D eigenvalue weighted by Gasteiger charge is 2.34. The summed E-state index contributed by atoms with van der Waals surface area (Å²) in [4.78, 5) is 10.5. The predicted molar refractivity (Wildman–Crippen MR) is 61.9 cm³/mol. The third kappa shape index (κ3) is 5.76. The van der Waals surface area contributed by atoms with Crippen molar-refractivity contribution in [3.63, 3.8) is 0 Å². The third-order valence-corrected chi connectivity index (χ3v) is 5.88. The van der Waals surface area contributed by atoms with E-state index in [2.05, 4.69) is 12.2 Å². The van der Waals surface area contributed by atoms with Crippen LogP contribution in [0.25, 0.3) is 0 Å². The van der Waals surface area contributed by atoms with E-state index in [1.165, 1.54) is 0 Å². The van der Waals surface area contributed by atoms with Crippen LogP contribution in [0.2, 0.25) is 12.1 Å². The first-order valence-electron chi connectivity index (χ1n) is 5.41. The lowest BCUT2D eigenvalue weighted by Gasteiger charge is -2.28. The van der Waals surface area contributed by atoms with Crippen molar-refractivity contribution in [3.05, 3.63) is 0 Å². The molecule has 0 aliphatic carbocycles. The Morgan fingerprint density at radius 1 is 1.27 bits per heavy atom. The Kier molecular flexibility index (Phi) is 7.36. The molecule has 0 spiro atoms. The average Bonchev–Trinajstić information content (AvgIpc) is 2.17. The highest BCUT2D eigenvalue weighted by atomic mass is 28.4. The molecular formula is C9H22N2O3Si. The molecule has 0 aromatic rings. The van der Waals surface area contributed by atoms with E-state index < -0.39 is 14.6 Å². The molecule has 0 rings (SSSR count). The van der Waals surface area contributed by atoms with E-state index in [4.69, 9.17) is 14.6 Å². The number of primary amides is 1. The maximum absolute atomic E-state index is 10.5. The van der Waals surface area contributed by atoms with E-state index >= 15 is 0 Å². The molecule has 5 nitrogen and oxygen atoms in total. The molecule has 0 atom stereocenters. The summed E-state index contributed by atoms with van der Waals surface area (Å²) in [5.41, 5.74) is 4.99. The number of nitrogens with one attached hydrogen (secondary N) is 1. The molecule has 0 aromatic heterocycles. The van der Waals surface area contributed by atoms with Gasteiger partial charge in [-0.15, -0.1) is 0 Å². The maximum Gasteiger partial charge on any atom is 0.339 e. The molecule has 0 aliphatic heterocycles. The van der Waals surface area contributed by atoms with Gasteiger partial charge in [-0.25, -0.2) is 4.79 Å². The molecule has 0 saturated heterocycles. The van der Waals surface area contributed by atoms with Gasteiger partial charge in [0.05, 0.1) is 0 Å². The van der Waals surface area contributed by atoms with Crippen molar-refractivity contribution in [1.82, 2.24) is 5.32 Å². The number of hydrogen-bond acceptors (Lipinski definition) is 3. The SMILES string of the molecule is CCO[Si](CC)(CCNC(N)=O)OCC. The minimum absolute atomic E-state index is 0.498.